The number of sulfonamides is 1. The minimum absolute atomic E-state index is 0.211. The van der Waals surface area contributed by atoms with E-state index >= 15 is 0 Å². The number of amides is 1. The molecule has 198 valence electrons. The lowest BCUT2D eigenvalue weighted by Crippen LogP contribution is -2.44. The molecule has 0 saturated carbocycles. The number of carboxylic acids is 1. The van der Waals surface area contributed by atoms with Gasteiger partial charge in [-0.2, -0.15) is 13.2 Å². The molecule has 3 rings (SSSR count). The van der Waals surface area contributed by atoms with Crippen LogP contribution in [0.15, 0.2) is 35.4 Å². The molecule has 1 amide bonds. The Morgan fingerprint density at radius 2 is 1.78 bits per heavy atom. The zero-order valence-electron chi connectivity index (χ0n) is 19.9. The van der Waals surface area contributed by atoms with Crippen molar-refractivity contribution in [2.75, 3.05) is 42.3 Å². The number of benzene rings is 1. The van der Waals surface area contributed by atoms with Crippen LogP contribution in [0.3, 0.4) is 0 Å². The molecular formula is C22H28F3N5O5S. The maximum absolute atomic E-state index is 12.9. The molecule has 1 aromatic carbocycles. The Hall–Kier alpha value is -3.39. The van der Waals surface area contributed by atoms with Crippen LogP contribution in [0.2, 0.25) is 0 Å². The van der Waals surface area contributed by atoms with Crippen LogP contribution < -0.4 is 20.3 Å². The summed E-state index contributed by atoms with van der Waals surface area (Å²) in [6.45, 7) is 8.96. The minimum Gasteiger partial charge on any atom is -0.475 e. The summed E-state index contributed by atoms with van der Waals surface area (Å²) in [5.74, 6) is -2.47. The number of anilines is 2. The summed E-state index contributed by atoms with van der Waals surface area (Å²) in [5.41, 5.74) is 2.12. The smallest absolute Gasteiger partial charge is 0.475 e. The van der Waals surface area contributed by atoms with Crippen LogP contribution in [-0.4, -0.2) is 69.3 Å². The van der Waals surface area contributed by atoms with E-state index in [1.165, 1.54) is 6.20 Å². The van der Waals surface area contributed by atoms with Gasteiger partial charge in [0.2, 0.25) is 0 Å². The van der Waals surface area contributed by atoms with E-state index in [2.05, 4.69) is 20.3 Å². The summed E-state index contributed by atoms with van der Waals surface area (Å²) in [6.07, 6.45) is -3.62. The van der Waals surface area contributed by atoms with Gasteiger partial charge in [0.1, 0.15) is 5.82 Å². The first-order valence-corrected chi connectivity index (χ1v) is 12.4. The average molecular weight is 532 g/mol. The first kappa shape index (κ1) is 28.8. The van der Waals surface area contributed by atoms with Crippen LogP contribution in [0.1, 0.15) is 28.4 Å². The van der Waals surface area contributed by atoms with Gasteiger partial charge in [-0.15, -0.1) is 0 Å². The number of carbonyl (C=O) groups excluding carboxylic acids is 1. The predicted molar refractivity (Wildman–Crippen MR) is 128 cm³/mol. The molecule has 36 heavy (non-hydrogen) atoms. The van der Waals surface area contributed by atoms with E-state index in [0.717, 1.165) is 31.7 Å². The summed E-state index contributed by atoms with van der Waals surface area (Å²) in [6, 6.07) is 6.82. The lowest BCUT2D eigenvalue weighted by atomic mass is 10.2. The molecule has 0 bridgehead atoms. The van der Waals surface area contributed by atoms with E-state index in [4.69, 9.17) is 9.90 Å². The summed E-state index contributed by atoms with van der Waals surface area (Å²) in [4.78, 5) is 28.2. The van der Waals surface area contributed by atoms with Crippen molar-refractivity contribution in [3.63, 3.8) is 0 Å². The highest BCUT2D eigenvalue weighted by atomic mass is 32.2. The number of rotatable bonds is 6. The third-order valence-electron chi connectivity index (χ3n) is 4.99. The fourth-order valence-electron chi connectivity index (χ4n) is 3.27. The average Bonchev–Trinajstić information content (AvgIpc) is 2.81. The first-order chi connectivity index (χ1) is 16.8. The summed E-state index contributed by atoms with van der Waals surface area (Å²) in [5, 5.41) is 13.2. The number of piperazine rings is 1. The highest BCUT2D eigenvalue weighted by molar-refractivity contribution is 7.92. The lowest BCUT2D eigenvalue weighted by Gasteiger charge is -2.30. The first-order valence-electron chi connectivity index (χ1n) is 10.9. The van der Waals surface area contributed by atoms with Gasteiger partial charge in [0, 0.05) is 32.7 Å². The molecule has 0 aliphatic carbocycles. The van der Waals surface area contributed by atoms with Gasteiger partial charge in [0.15, 0.2) is 0 Å². The highest BCUT2D eigenvalue weighted by Gasteiger charge is 2.38. The number of aryl methyl sites for hydroxylation is 2. The van der Waals surface area contributed by atoms with Crippen molar-refractivity contribution in [1.82, 2.24) is 15.6 Å². The molecule has 1 fully saturated rings. The van der Waals surface area contributed by atoms with Crippen molar-refractivity contribution in [2.45, 2.75) is 31.8 Å². The Morgan fingerprint density at radius 1 is 1.17 bits per heavy atom. The van der Waals surface area contributed by atoms with Crippen molar-refractivity contribution < 1.29 is 36.3 Å². The van der Waals surface area contributed by atoms with Crippen molar-refractivity contribution in [2.24, 2.45) is 0 Å². The highest BCUT2D eigenvalue weighted by Crippen LogP contribution is 2.25. The van der Waals surface area contributed by atoms with Gasteiger partial charge in [-0.05, 0) is 44.0 Å². The van der Waals surface area contributed by atoms with E-state index in [9.17, 15) is 26.4 Å². The molecule has 4 N–H and O–H groups in total. The third kappa shape index (κ3) is 7.81. The Balaban J connectivity index is 0.000000572. The number of halogens is 3. The van der Waals surface area contributed by atoms with Crippen LogP contribution in [0, 0.1) is 13.8 Å². The number of aliphatic carboxylic acids is 1. The molecule has 0 spiro atoms. The Bertz CT molecular complexity index is 1200. The SMILES string of the molecule is CCNC(=O)c1cc(NS(=O)(=O)c2cc(C)ccc2C)cnc1N1CCNCC1.O=C(O)C(F)(F)F. The standard InChI is InChI=1S/C20H27N5O3S.C2HF3O2/c1-4-22-20(26)17-12-16(13-23-19(17)25-9-7-21-8-10-25)24-29(27,28)18-11-14(2)5-6-15(18)3;3-2(4,5)1(6)7/h5-6,11-13,21,24H,4,7-10H2,1-3H3,(H,22,26);(H,6,7). The molecule has 14 heteroatoms. The third-order valence-corrected chi connectivity index (χ3v) is 6.52. The second-order valence-electron chi connectivity index (χ2n) is 7.87. The number of carboxylic acid groups (broad SMARTS) is 1. The van der Waals surface area contributed by atoms with E-state index in [1.54, 1.807) is 25.1 Å². The number of hydrogen-bond acceptors (Lipinski definition) is 7. The van der Waals surface area contributed by atoms with Gasteiger partial charge in [-0.25, -0.2) is 18.2 Å². The minimum atomic E-state index is -5.08. The van der Waals surface area contributed by atoms with Crippen LogP contribution in [0.25, 0.3) is 0 Å². The Kier molecular flexibility index (Phi) is 9.64. The van der Waals surface area contributed by atoms with Gasteiger partial charge in [-0.3, -0.25) is 9.52 Å². The van der Waals surface area contributed by atoms with E-state index in [-0.39, 0.29) is 16.5 Å². The molecular weight excluding hydrogens is 503 g/mol. The van der Waals surface area contributed by atoms with Crippen LogP contribution in [0.4, 0.5) is 24.7 Å². The number of nitrogens with one attached hydrogen (secondary N) is 3. The van der Waals surface area contributed by atoms with Gasteiger partial charge in [0.05, 0.1) is 22.3 Å². The van der Waals surface area contributed by atoms with E-state index < -0.39 is 22.2 Å². The molecule has 1 aliphatic rings. The molecule has 0 radical (unpaired) electrons. The van der Waals surface area contributed by atoms with Crippen LogP contribution in [-0.2, 0) is 14.8 Å². The van der Waals surface area contributed by atoms with Crippen LogP contribution in [0.5, 0.6) is 0 Å². The van der Waals surface area contributed by atoms with E-state index in [1.807, 2.05) is 24.8 Å². The Labute approximate surface area is 207 Å². The number of aromatic nitrogens is 1. The second kappa shape index (κ2) is 12.0. The van der Waals surface area contributed by atoms with Crippen LogP contribution >= 0.6 is 0 Å². The maximum atomic E-state index is 12.9. The number of alkyl halides is 3. The van der Waals surface area contributed by atoms with Gasteiger partial charge in [0.25, 0.3) is 15.9 Å². The monoisotopic (exact) mass is 531 g/mol. The second-order valence-corrected chi connectivity index (χ2v) is 9.52. The zero-order valence-corrected chi connectivity index (χ0v) is 20.8. The topological polar surface area (TPSA) is 141 Å². The summed E-state index contributed by atoms with van der Waals surface area (Å²) in [7, 11) is -3.80. The zero-order chi connectivity index (χ0) is 27.1. The summed E-state index contributed by atoms with van der Waals surface area (Å²) >= 11 is 0. The number of hydrogen-bond donors (Lipinski definition) is 4. The quantitative estimate of drug-likeness (QED) is 0.445. The molecule has 1 aliphatic heterocycles. The maximum Gasteiger partial charge on any atom is 0.490 e. The lowest BCUT2D eigenvalue weighted by molar-refractivity contribution is -0.192. The molecule has 1 aromatic heterocycles. The van der Waals surface area contributed by atoms with E-state index in [0.29, 0.717) is 23.5 Å². The molecule has 0 unspecified atom stereocenters. The van der Waals surface area contributed by atoms with Crippen molar-refractivity contribution in [3.05, 3.63) is 47.2 Å². The fourth-order valence-corrected chi connectivity index (χ4v) is 4.64. The summed E-state index contributed by atoms with van der Waals surface area (Å²) < 4.78 is 60.1. The fraction of sp³-hybridized carbons (Fsp3) is 0.409. The van der Waals surface area contributed by atoms with Crippen molar-refractivity contribution in [1.29, 1.82) is 0 Å². The van der Waals surface area contributed by atoms with Crippen molar-refractivity contribution in [3.8, 4) is 0 Å². The molecule has 2 heterocycles. The molecule has 1 saturated heterocycles. The van der Waals surface area contributed by atoms with Gasteiger partial charge < -0.3 is 20.6 Å². The molecule has 10 nitrogen and oxygen atoms in total. The molecule has 2 aromatic rings. The number of carbonyl (C=O) groups is 2. The normalized spacial score (nSPS) is 13.9. The Morgan fingerprint density at radius 3 is 2.33 bits per heavy atom. The van der Waals surface area contributed by atoms with Gasteiger partial charge >= 0.3 is 12.1 Å². The largest absolute Gasteiger partial charge is 0.490 e. The number of pyridine rings is 1. The van der Waals surface area contributed by atoms with Crippen molar-refractivity contribution >= 4 is 33.4 Å². The predicted octanol–water partition coefficient (Wildman–Crippen LogP) is 2.29. The van der Waals surface area contributed by atoms with Gasteiger partial charge in [-0.1, -0.05) is 12.1 Å². The molecule has 0 atom stereocenters. The number of nitrogens with zero attached hydrogens (tertiary/aromatic N) is 2.